The van der Waals surface area contributed by atoms with Crippen LogP contribution in [-0.2, 0) is 16.6 Å². The molecular formula is C13H27N5O2S. The maximum absolute atomic E-state index is 12.4. The number of nitrogens with one attached hydrogen (secondary N) is 3. The summed E-state index contributed by atoms with van der Waals surface area (Å²) in [5.41, 5.74) is 1.11. The summed E-state index contributed by atoms with van der Waals surface area (Å²) in [5, 5.41) is 10.0. The summed E-state index contributed by atoms with van der Waals surface area (Å²) in [7, 11) is -1.57. The molecule has 0 spiro atoms. The Bertz CT molecular complexity index is 527. The Morgan fingerprint density at radius 1 is 1.29 bits per heavy atom. The molecule has 0 aromatic carbocycles. The summed E-state index contributed by atoms with van der Waals surface area (Å²) in [5.74, 6) is 0. The Kier molecular flexibility index (Phi) is 7.30. The summed E-state index contributed by atoms with van der Waals surface area (Å²) in [6, 6.07) is 0. The zero-order valence-electron chi connectivity index (χ0n) is 13.4. The standard InChI is InChI=1S/C13H27N5O2S/c1-5-7-14-10-12-13(11(3)16-17-12)21(19,20)15-8-9-18(4)6-2/h14-15H,5-10H2,1-4H3,(H,16,17). The number of H-pyrrole nitrogens is 1. The van der Waals surface area contributed by atoms with Gasteiger partial charge in [-0.25, -0.2) is 13.1 Å². The van der Waals surface area contributed by atoms with Gasteiger partial charge in [-0.1, -0.05) is 13.8 Å². The lowest BCUT2D eigenvalue weighted by Crippen LogP contribution is -2.33. The normalized spacial score (nSPS) is 12.2. The van der Waals surface area contributed by atoms with Crippen LogP contribution in [0.1, 0.15) is 31.7 Å². The summed E-state index contributed by atoms with van der Waals surface area (Å²) in [6.07, 6.45) is 0.993. The molecule has 0 saturated heterocycles. The number of aromatic nitrogens is 2. The summed E-state index contributed by atoms with van der Waals surface area (Å²) in [6.45, 7) is 9.05. The smallest absolute Gasteiger partial charge is 0.244 e. The molecule has 122 valence electrons. The molecule has 0 atom stereocenters. The van der Waals surface area contributed by atoms with E-state index in [1.165, 1.54) is 0 Å². The molecule has 0 fully saturated rings. The van der Waals surface area contributed by atoms with Gasteiger partial charge in [0, 0.05) is 19.6 Å². The van der Waals surface area contributed by atoms with Gasteiger partial charge < -0.3 is 10.2 Å². The molecular weight excluding hydrogens is 290 g/mol. The molecule has 21 heavy (non-hydrogen) atoms. The second-order valence-electron chi connectivity index (χ2n) is 5.09. The summed E-state index contributed by atoms with van der Waals surface area (Å²) >= 11 is 0. The molecule has 0 aliphatic carbocycles. The third kappa shape index (κ3) is 5.39. The van der Waals surface area contributed by atoms with Gasteiger partial charge in [0.1, 0.15) is 4.90 Å². The SMILES string of the molecule is CCCNCc1n[nH]c(C)c1S(=O)(=O)NCCN(C)CC. The van der Waals surface area contributed by atoms with E-state index in [0.29, 0.717) is 31.0 Å². The van der Waals surface area contributed by atoms with Crippen molar-refractivity contribution in [3.63, 3.8) is 0 Å². The molecule has 0 bridgehead atoms. The van der Waals surface area contributed by atoms with Crippen LogP contribution in [0.15, 0.2) is 4.90 Å². The Balaban J connectivity index is 2.75. The molecule has 0 saturated carbocycles. The van der Waals surface area contributed by atoms with Crippen molar-refractivity contribution in [3.05, 3.63) is 11.4 Å². The van der Waals surface area contributed by atoms with Gasteiger partial charge in [0.05, 0.1) is 11.4 Å². The number of hydrogen-bond donors (Lipinski definition) is 3. The Hall–Kier alpha value is -0.960. The van der Waals surface area contributed by atoms with Gasteiger partial charge in [-0.15, -0.1) is 0 Å². The van der Waals surface area contributed by atoms with Crippen LogP contribution in [0.3, 0.4) is 0 Å². The molecule has 1 rings (SSSR count). The molecule has 0 aliphatic heterocycles. The Labute approximate surface area is 127 Å². The number of hydrogen-bond acceptors (Lipinski definition) is 5. The van der Waals surface area contributed by atoms with Crippen LogP contribution < -0.4 is 10.0 Å². The maximum atomic E-state index is 12.4. The Morgan fingerprint density at radius 2 is 2.00 bits per heavy atom. The number of nitrogens with zero attached hydrogens (tertiary/aromatic N) is 2. The van der Waals surface area contributed by atoms with E-state index >= 15 is 0 Å². The van der Waals surface area contributed by atoms with Crippen molar-refractivity contribution < 1.29 is 8.42 Å². The highest BCUT2D eigenvalue weighted by molar-refractivity contribution is 7.89. The fourth-order valence-corrected chi connectivity index (χ4v) is 3.31. The van der Waals surface area contributed by atoms with Gasteiger partial charge in [-0.3, -0.25) is 5.10 Å². The van der Waals surface area contributed by atoms with E-state index in [2.05, 4.69) is 32.1 Å². The minimum absolute atomic E-state index is 0.269. The van der Waals surface area contributed by atoms with Crippen LogP contribution in [-0.4, -0.2) is 56.7 Å². The van der Waals surface area contributed by atoms with Gasteiger partial charge in [-0.2, -0.15) is 5.10 Å². The summed E-state index contributed by atoms with van der Waals surface area (Å²) < 4.78 is 27.5. The van der Waals surface area contributed by atoms with E-state index in [1.54, 1.807) is 6.92 Å². The van der Waals surface area contributed by atoms with Crippen molar-refractivity contribution in [3.8, 4) is 0 Å². The van der Waals surface area contributed by atoms with E-state index in [-0.39, 0.29) is 4.90 Å². The van der Waals surface area contributed by atoms with Crippen LogP contribution in [0.2, 0.25) is 0 Å². The first-order valence-electron chi connectivity index (χ1n) is 7.35. The molecule has 1 aromatic heterocycles. The molecule has 7 nitrogen and oxygen atoms in total. The number of aromatic amines is 1. The topological polar surface area (TPSA) is 90.1 Å². The highest BCUT2D eigenvalue weighted by Crippen LogP contribution is 2.17. The fraction of sp³-hybridized carbons (Fsp3) is 0.769. The van der Waals surface area contributed by atoms with Crippen molar-refractivity contribution in [2.45, 2.75) is 38.6 Å². The van der Waals surface area contributed by atoms with E-state index in [9.17, 15) is 8.42 Å². The monoisotopic (exact) mass is 317 g/mol. The van der Waals surface area contributed by atoms with Crippen molar-refractivity contribution in [2.24, 2.45) is 0 Å². The molecule has 0 amide bonds. The van der Waals surface area contributed by atoms with Crippen molar-refractivity contribution >= 4 is 10.0 Å². The van der Waals surface area contributed by atoms with Gasteiger partial charge in [-0.05, 0) is 33.5 Å². The van der Waals surface area contributed by atoms with Crippen LogP contribution in [0, 0.1) is 6.92 Å². The predicted octanol–water partition coefficient (Wildman–Crippen LogP) is 0.448. The zero-order chi connectivity index (χ0) is 15.9. The van der Waals surface area contributed by atoms with E-state index in [1.807, 2.05) is 14.0 Å². The first kappa shape index (κ1) is 18.1. The second kappa shape index (κ2) is 8.47. The third-order valence-electron chi connectivity index (χ3n) is 3.27. The first-order valence-corrected chi connectivity index (χ1v) is 8.83. The highest BCUT2D eigenvalue weighted by atomic mass is 32.2. The predicted molar refractivity (Wildman–Crippen MR) is 83.7 cm³/mol. The number of sulfonamides is 1. The maximum Gasteiger partial charge on any atom is 0.244 e. The van der Waals surface area contributed by atoms with Crippen molar-refractivity contribution in [1.29, 1.82) is 0 Å². The molecule has 0 unspecified atom stereocenters. The van der Waals surface area contributed by atoms with Crippen LogP contribution in [0.4, 0.5) is 0 Å². The lowest BCUT2D eigenvalue weighted by atomic mass is 10.3. The number of likely N-dealkylation sites (N-methyl/N-ethyl adjacent to an activating group) is 1. The highest BCUT2D eigenvalue weighted by Gasteiger charge is 2.23. The van der Waals surface area contributed by atoms with Crippen molar-refractivity contribution in [1.82, 2.24) is 25.1 Å². The van der Waals surface area contributed by atoms with Crippen LogP contribution in [0.5, 0.6) is 0 Å². The summed E-state index contributed by atoms with van der Waals surface area (Å²) in [4.78, 5) is 2.32. The molecule has 0 aliphatic rings. The number of aryl methyl sites for hydroxylation is 1. The lowest BCUT2D eigenvalue weighted by Gasteiger charge is -2.14. The molecule has 8 heteroatoms. The lowest BCUT2D eigenvalue weighted by molar-refractivity contribution is 0.358. The third-order valence-corrected chi connectivity index (χ3v) is 4.94. The molecule has 1 heterocycles. The molecule has 3 N–H and O–H groups in total. The quantitative estimate of drug-likeness (QED) is 0.545. The van der Waals surface area contributed by atoms with E-state index in [4.69, 9.17) is 0 Å². The van der Waals surface area contributed by atoms with Crippen molar-refractivity contribution in [2.75, 3.05) is 33.2 Å². The van der Waals surface area contributed by atoms with Gasteiger partial charge in [0.2, 0.25) is 10.0 Å². The first-order chi connectivity index (χ1) is 9.92. The fourth-order valence-electron chi connectivity index (χ4n) is 1.93. The second-order valence-corrected chi connectivity index (χ2v) is 6.80. The number of rotatable bonds is 10. The zero-order valence-corrected chi connectivity index (χ0v) is 14.2. The molecule has 0 radical (unpaired) electrons. The molecule has 1 aromatic rings. The van der Waals surface area contributed by atoms with Gasteiger partial charge in [0.25, 0.3) is 0 Å². The van der Waals surface area contributed by atoms with Gasteiger partial charge >= 0.3 is 0 Å². The Morgan fingerprint density at radius 3 is 2.62 bits per heavy atom. The van der Waals surface area contributed by atoms with E-state index in [0.717, 1.165) is 19.5 Å². The largest absolute Gasteiger partial charge is 0.311 e. The average molecular weight is 317 g/mol. The van der Waals surface area contributed by atoms with Crippen LogP contribution >= 0.6 is 0 Å². The average Bonchev–Trinajstić information content (AvgIpc) is 2.80. The minimum atomic E-state index is -3.53. The van der Waals surface area contributed by atoms with Crippen LogP contribution in [0.25, 0.3) is 0 Å². The van der Waals surface area contributed by atoms with E-state index < -0.39 is 10.0 Å². The minimum Gasteiger partial charge on any atom is -0.311 e. The van der Waals surface area contributed by atoms with Gasteiger partial charge in [0.15, 0.2) is 0 Å².